The zero-order chi connectivity index (χ0) is 25.8. The largest absolute Gasteiger partial charge is 4.00 e. The van der Waals surface area contributed by atoms with Gasteiger partial charge in [0, 0.05) is 0 Å². The Kier molecular flexibility index (Phi) is 12.7. The van der Waals surface area contributed by atoms with Gasteiger partial charge in [0.15, 0.2) is 0 Å². The molecule has 3 aromatic rings. The Bertz CT molecular complexity index is 1340. The predicted molar refractivity (Wildman–Crippen MR) is 180 cm³/mol. The fourth-order valence-electron chi connectivity index (χ4n) is 6.20. The Morgan fingerprint density at radius 1 is 0.667 bits per heavy atom. The van der Waals surface area contributed by atoms with E-state index in [-0.39, 0.29) is 49.0 Å². The van der Waals surface area contributed by atoms with Crippen molar-refractivity contribution >= 4 is 36.9 Å². The normalized spacial score (nSPS) is 18.1. The van der Waals surface area contributed by atoms with Crippen LogP contribution in [0.2, 0.25) is 24.7 Å². The summed E-state index contributed by atoms with van der Waals surface area (Å²) in [5.74, 6) is 0. The Morgan fingerprint density at radius 3 is 1.74 bits per heavy atom. The Labute approximate surface area is 259 Å². The molecule has 2 atom stereocenters. The number of benzene rings is 3. The molecular weight excluding hydrogens is 536 g/mol. The maximum Gasteiger partial charge on any atom is 4.00 e. The summed E-state index contributed by atoms with van der Waals surface area (Å²) in [6.07, 6.45) is 4.11. The smallest absolute Gasteiger partial charge is 0.358 e. The van der Waals surface area contributed by atoms with E-state index in [1.807, 2.05) is 0 Å². The summed E-state index contributed by atoms with van der Waals surface area (Å²) in [5, 5.41) is 5.87. The van der Waals surface area contributed by atoms with Gasteiger partial charge in [0.05, 0.1) is 8.07 Å². The van der Waals surface area contributed by atoms with Crippen molar-refractivity contribution in [2.24, 2.45) is 0 Å². The van der Waals surface area contributed by atoms with Crippen molar-refractivity contribution < 1.29 is 21.7 Å². The molecular formula is C36H50Si2Ti. The fraction of sp³-hybridized carbons (Fsp3) is 0.306. The maximum atomic E-state index is 4.11. The quantitative estimate of drug-likeness (QED) is 0.162. The molecule has 0 aromatic heterocycles. The van der Waals surface area contributed by atoms with Crippen LogP contribution in [0.4, 0.5) is 0 Å². The summed E-state index contributed by atoms with van der Waals surface area (Å²) >= 11 is 0. The second kappa shape index (κ2) is 13.3. The first kappa shape index (κ1) is 37.3. The van der Waals surface area contributed by atoms with Gasteiger partial charge in [-0.1, -0.05) is 123 Å². The molecule has 2 unspecified atom stereocenters. The Hall–Kier alpha value is -1.71. The van der Waals surface area contributed by atoms with E-state index in [1.165, 1.54) is 49.0 Å². The fourth-order valence-corrected chi connectivity index (χ4v) is 14.0. The summed E-state index contributed by atoms with van der Waals surface area (Å²) < 4.78 is 0. The first-order valence-corrected chi connectivity index (χ1v) is 18.4. The van der Waals surface area contributed by atoms with Crippen molar-refractivity contribution in [1.82, 2.24) is 0 Å². The molecule has 39 heavy (non-hydrogen) atoms. The number of rotatable bonds is 5. The van der Waals surface area contributed by atoms with Gasteiger partial charge in [-0.25, -0.2) is 5.57 Å². The van der Waals surface area contributed by atoms with Crippen LogP contribution in [0, 0.1) is 49.1 Å². The van der Waals surface area contributed by atoms with Gasteiger partial charge < -0.3 is 22.3 Å². The molecule has 0 radical (unpaired) electrons. The number of allylic oxidation sites excluding steroid dienone is 4. The third kappa shape index (κ3) is 6.01. The van der Waals surface area contributed by atoms with Crippen molar-refractivity contribution in [2.75, 3.05) is 0 Å². The van der Waals surface area contributed by atoms with E-state index in [9.17, 15) is 0 Å². The van der Waals surface area contributed by atoms with E-state index < -0.39 is 16.1 Å². The minimum absolute atomic E-state index is 0. The molecule has 4 rings (SSSR count). The van der Waals surface area contributed by atoms with Crippen molar-refractivity contribution in [3.05, 3.63) is 128 Å². The van der Waals surface area contributed by atoms with Gasteiger partial charge in [0.2, 0.25) is 0 Å². The molecule has 206 valence electrons. The van der Waals surface area contributed by atoms with Crippen LogP contribution in [-0.2, 0) is 21.7 Å². The molecule has 0 N–H and O–H groups in total. The van der Waals surface area contributed by atoms with Crippen molar-refractivity contribution in [2.45, 2.75) is 73.1 Å². The zero-order valence-corrected chi connectivity index (χ0v) is 30.4. The molecule has 0 saturated carbocycles. The summed E-state index contributed by atoms with van der Waals surface area (Å²) in [5.41, 5.74) is 8.36. The zero-order valence-electron chi connectivity index (χ0n) is 26.9. The minimum Gasteiger partial charge on any atom is -0.358 e. The molecule has 0 bridgehead atoms. The van der Waals surface area contributed by atoms with Gasteiger partial charge in [0.1, 0.15) is 8.07 Å². The van der Waals surface area contributed by atoms with Gasteiger partial charge in [-0.15, -0.1) is 6.92 Å². The average Bonchev–Trinajstić information content (AvgIpc) is 3.00. The molecule has 1 aliphatic carbocycles. The molecule has 1 aliphatic rings. The van der Waals surface area contributed by atoms with Crippen LogP contribution in [0.25, 0.3) is 0 Å². The predicted octanol–water partition coefficient (Wildman–Crippen LogP) is 7.84. The van der Waals surface area contributed by atoms with Crippen LogP contribution in [-0.4, -0.2) is 16.1 Å². The summed E-state index contributed by atoms with van der Waals surface area (Å²) in [6.45, 7) is 23.7. The van der Waals surface area contributed by atoms with Crippen LogP contribution < -0.4 is 20.7 Å². The van der Waals surface area contributed by atoms with Gasteiger partial charge in [0.25, 0.3) is 0 Å². The van der Waals surface area contributed by atoms with E-state index in [1.54, 1.807) is 5.19 Å². The van der Waals surface area contributed by atoms with E-state index >= 15 is 0 Å². The maximum absolute atomic E-state index is 4.11. The molecule has 0 saturated heterocycles. The minimum atomic E-state index is -2.65. The van der Waals surface area contributed by atoms with E-state index in [0.717, 1.165) is 0 Å². The van der Waals surface area contributed by atoms with Gasteiger partial charge >= 0.3 is 21.7 Å². The number of hydrogen-bond acceptors (Lipinski definition) is 0. The summed E-state index contributed by atoms with van der Waals surface area (Å²) in [4.78, 5) is 0. The van der Waals surface area contributed by atoms with Crippen LogP contribution >= 0.6 is 0 Å². The van der Waals surface area contributed by atoms with Crippen molar-refractivity contribution in [3.63, 3.8) is 0 Å². The second-order valence-electron chi connectivity index (χ2n) is 11.8. The van der Waals surface area contributed by atoms with Crippen LogP contribution in [0.5, 0.6) is 0 Å². The second-order valence-corrected chi connectivity index (χ2v) is 21.1. The van der Waals surface area contributed by atoms with Crippen LogP contribution in [0.15, 0.2) is 83.4 Å². The Morgan fingerprint density at radius 2 is 1.23 bits per heavy atom. The third-order valence-corrected chi connectivity index (χ3v) is 16.4. The molecule has 0 nitrogen and oxygen atoms in total. The molecule has 0 spiro atoms. The average molecular weight is 587 g/mol. The molecule has 3 heteroatoms. The van der Waals surface area contributed by atoms with Crippen molar-refractivity contribution in [3.8, 4) is 0 Å². The number of hydrogen-bond donors (Lipinski definition) is 0. The SMILES string of the molecule is CC1=[C-]C(C)([Si](c2ccccc2)(c2cc(C)cc([Si](C)(C)C)c2)c2cccc(C)c2C)C(C)=C1C.[CH3-].[CH3-].[CH3-].[Ti+4]. The van der Waals surface area contributed by atoms with E-state index in [4.69, 9.17) is 0 Å². The summed E-state index contributed by atoms with van der Waals surface area (Å²) in [7, 11) is -4.17. The van der Waals surface area contributed by atoms with E-state index in [0.29, 0.717) is 0 Å². The molecule has 3 aromatic carbocycles. The molecule has 0 heterocycles. The van der Waals surface area contributed by atoms with Gasteiger partial charge in [-0.3, -0.25) is 6.08 Å². The molecule has 0 amide bonds. The standard InChI is InChI=1S/C33H41Si2.3CH3.Ti/c1-23-19-30(34(8,9)10)21-31(20-23)35(29-16-12-11-13-17-29,32-18-14-15-24(2)27(32)5)33(7)22-25(3)26(4)28(33)6;;;;/h11-21H,1-10H3;3*1H3;/q4*-1;+4. The van der Waals surface area contributed by atoms with Gasteiger partial charge in [-0.05, 0) is 47.5 Å². The van der Waals surface area contributed by atoms with Crippen molar-refractivity contribution in [1.29, 1.82) is 0 Å². The summed E-state index contributed by atoms with van der Waals surface area (Å²) in [6, 6.07) is 25.9. The molecule has 0 fully saturated rings. The topological polar surface area (TPSA) is 0 Å². The van der Waals surface area contributed by atoms with E-state index in [2.05, 4.69) is 141 Å². The monoisotopic (exact) mass is 586 g/mol. The van der Waals surface area contributed by atoms with Crippen LogP contribution in [0.1, 0.15) is 44.4 Å². The Balaban J connectivity index is 0.00000361. The first-order valence-electron chi connectivity index (χ1n) is 12.9. The molecule has 0 aliphatic heterocycles. The third-order valence-electron chi connectivity index (χ3n) is 8.65. The van der Waals surface area contributed by atoms with Crippen LogP contribution in [0.3, 0.4) is 0 Å². The van der Waals surface area contributed by atoms with Gasteiger partial charge in [-0.2, -0.15) is 11.1 Å². The number of aryl methyl sites for hydroxylation is 2. The first-order chi connectivity index (χ1) is 16.3.